The summed E-state index contributed by atoms with van der Waals surface area (Å²) in [7, 11) is -2.24. The molecular formula is C13H17NO5S. The number of nitrogens with zero attached hydrogens (tertiary/aromatic N) is 1. The standard InChI is InChI=1S/C13H17NO5S/c1-19-6-7-20(17,18)14-9-11-5-3-2-4-10(11)8-12(14)13(15)16/h2-5,12H,6-9H2,1H3,(H,15,16)/t12-/m1/s1. The van der Waals surface area contributed by atoms with Crippen molar-refractivity contribution in [3.63, 3.8) is 0 Å². The molecule has 0 amide bonds. The van der Waals surface area contributed by atoms with Crippen molar-refractivity contribution in [2.75, 3.05) is 19.5 Å². The number of benzene rings is 1. The van der Waals surface area contributed by atoms with E-state index in [0.29, 0.717) is 0 Å². The zero-order chi connectivity index (χ0) is 14.8. The van der Waals surface area contributed by atoms with E-state index in [0.717, 1.165) is 15.4 Å². The Bertz CT molecular complexity index is 599. The Labute approximate surface area is 118 Å². The molecule has 0 radical (unpaired) electrons. The largest absolute Gasteiger partial charge is 0.480 e. The summed E-state index contributed by atoms with van der Waals surface area (Å²) < 4.78 is 30.4. The molecule has 7 heteroatoms. The molecule has 0 aliphatic carbocycles. The van der Waals surface area contributed by atoms with Gasteiger partial charge in [-0.2, -0.15) is 4.31 Å². The molecular weight excluding hydrogens is 282 g/mol. The highest BCUT2D eigenvalue weighted by molar-refractivity contribution is 7.89. The van der Waals surface area contributed by atoms with Crippen molar-refractivity contribution in [2.45, 2.75) is 19.0 Å². The quantitative estimate of drug-likeness (QED) is 0.854. The van der Waals surface area contributed by atoms with Gasteiger partial charge in [-0.1, -0.05) is 24.3 Å². The number of carboxylic acids is 1. The van der Waals surface area contributed by atoms with Crippen LogP contribution in [0.25, 0.3) is 0 Å². The van der Waals surface area contributed by atoms with Crippen LogP contribution >= 0.6 is 0 Å². The first kappa shape index (κ1) is 15.0. The Morgan fingerprint density at radius 2 is 2.05 bits per heavy atom. The maximum Gasteiger partial charge on any atom is 0.322 e. The molecule has 20 heavy (non-hydrogen) atoms. The van der Waals surface area contributed by atoms with E-state index in [4.69, 9.17) is 4.74 Å². The molecule has 1 aliphatic rings. The molecule has 1 aliphatic heterocycles. The van der Waals surface area contributed by atoms with Crippen LogP contribution in [0, 0.1) is 0 Å². The number of methoxy groups -OCH3 is 1. The van der Waals surface area contributed by atoms with E-state index in [-0.39, 0.29) is 25.3 Å². The van der Waals surface area contributed by atoms with Crippen LogP contribution in [0.1, 0.15) is 11.1 Å². The molecule has 6 nitrogen and oxygen atoms in total. The Kier molecular flexibility index (Phi) is 4.42. The molecule has 1 atom stereocenters. The highest BCUT2D eigenvalue weighted by Gasteiger charge is 2.38. The maximum atomic E-state index is 12.3. The number of carbonyl (C=O) groups is 1. The minimum Gasteiger partial charge on any atom is -0.480 e. The third kappa shape index (κ3) is 3.00. The van der Waals surface area contributed by atoms with Gasteiger partial charge < -0.3 is 9.84 Å². The molecule has 1 aromatic carbocycles. The molecule has 0 aromatic heterocycles. The van der Waals surface area contributed by atoms with E-state index in [2.05, 4.69) is 0 Å². The second-order valence-electron chi connectivity index (χ2n) is 4.68. The molecule has 2 rings (SSSR count). The minimum atomic E-state index is -3.65. The van der Waals surface area contributed by atoms with Crippen molar-refractivity contribution >= 4 is 16.0 Å². The van der Waals surface area contributed by atoms with Gasteiger partial charge in [-0.15, -0.1) is 0 Å². The van der Waals surface area contributed by atoms with Gasteiger partial charge in [0.25, 0.3) is 0 Å². The Balaban J connectivity index is 2.33. The molecule has 0 spiro atoms. The summed E-state index contributed by atoms with van der Waals surface area (Å²) in [6.07, 6.45) is 0.192. The number of aliphatic carboxylic acids is 1. The lowest BCUT2D eigenvalue weighted by atomic mass is 9.96. The Hall–Kier alpha value is -1.44. The number of hydrogen-bond acceptors (Lipinski definition) is 4. The van der Waals surface area contributed by atoms with E-state index in [1.807, 2.05) is 24.3 Å². The van der Waals surface area contributed by atoms with Gasteiger partial charge >= 0.3 is 5.97 Å². The SMILES string of the molecule is COCCS(=O)(=O)N1Cc2ccccc2C[C@@H]1C(=O)O. The van der Waals surface area contributed by atoms with Gasteiger partial charge in [0.1, 0.15) is 6.04 Å². The average Bonchev–Trinajstić information content (AvgIpc) is 2.43. The fourth-order valence-electron chi connectivity index (χ4n) is 2.31. The van der Waals surface area contributed by atoms with Crippen molar-refractivity contribution in [1.29, 1.82) is 0 Å². The minimum absolute atomic E-state index is 0.0484. The van der Waals surface area contributed by atoms with Gasteiger partial charge in [-0.3, -0.25) is 4.79 Å². The molecule has 0 bridgehead atoms. The fourth-order valence-corrected chi connectivity index (χ4v) is 3.81. The van der Waals surface area contributed by atoms with Crippen molar-refractivity contribution in [3.8, 4) is 0 Å². The molecule has 0 unspecified atom stereocenters. The van der Waals surface area contributed by atoms with E-state index >= 15 is 0 Å². The van der Waals surface area contributed by atoms with Gasteiger partial charge in [0.2, 0.25) is 10.0 Å². The van der Waals surface area contributed by atoms with Crippen LogP contribution in [0.4, 0.5) is 0 Å². The smallest absolute Gasteiger partial charge is 0.322 e. The van der Waals surface area contributed by atoms with Crippen molar-refractivity contribution in [2.24, 2.45) is 0 Å². The van der Waals surface area contributed by atoms with E-state index in [1.165, 1.54) is 7.11 Å². The second kappa shape index (κ2) is 5.90. The summed E-state index contributed by atoms with van der Waals surface area (Å²) in [5.74, 6) is -1.34. The summed E-state index contributed by atoms with van der Waals surface area (Å²) in [6.45, 7) is 0.145. The summed E-state index contributed by atoms with van der Waals surface area (Å²) in [4.78, 5) is 11.4. The average molecular weight is 299 g/mol. The van der Waals surface area contributed by atoms with Gasteiger partial charge in [0, 0.05) is 20.1 Å². The number of fused-ring (bicyclic) bond motifs is 1. The highest BCUT2D eigenvalue weighted by atomic mass is 32.2. The topological polar surface area (TPSA) is 83.9 Å². The van der Waals surface area contributed by atoms with Gasteiger partial charge in [0.15, 0.2) is 0 Å². The van der Waals surface area contributed by atoms with Crippen molar-refractivity contribution in [1.82, 2.24) is 4.31 Å². The molecule has 0 saturated heterocycles. The normalized spacial score (nSPS) is 19.6. The number of ether oxygens (including phenoxy) is 1. The van der Waals surface area contributed by atoms with Gasteiger partial charge in [-0.05, 0) is 11.1 Å². The number of sulfonamides is 1. The molecule has 0 saturated carbocycles. The zero-order valence-electron chi connectivity index (χ0n) is 11.2. The van der Waals surface area contributed by atoms with Crippen LogP contribution in [-0.2, 0) is 32.5 Å². The van der Waals surface area contributed by atoms with E-state index in [9.17, 15) is 18.3 Å². The molecule has 110 valence electrons. The van der Waals surface area contributed by atoms with Gasteiger partial charge in [0.05, 0.1) is 12.4 Å². The van der Waals surface area contributed by atoms with Crippen molar-refractivity contribution < 1.29 is 23.1 Å². The predicted molar refractivity (Wildman–Crippen MR) is 72.8 cm³/mol. The predicted octanol–water partition coefficient (Wildman–Crippen LogP) is 0.474. The third-order valence-corrected chi connectivity index (χ3v) is 5.17. The molecule has 0 fully saturated rings. The second-order valence-corrected chi connectivity index (χ2v) is 6.72. The van der Waals surface area contributed by atoms with Crippen LogP contribution in [0.15, 0.2) is 24.3 Å². The van der Waals surface area contributed by atoms with Crippen LogP contribution in [0.5, 0.6) is 0 Å². The fraction of sp³-hybridized carbons (Fsp3) is 0.462. The monoisotopic (exact) mass is 299 g/mol. The first-order valence-corrected chi connectivity index (χ1v) is 7.84. The summed E-state index contributed by atoms with van der Waals surface area (Å²) in [5, 5.41) is 9.29. The zero-order valence-corrected chi connectivity index (χ0v) is 12.0. The summed E-state index contributed by atoms with van der Waals surface area (Å²) >= 11 is 0. The van der Waals surface area contributed by atoms with Gasteiger partial charge in [-0.25, -0.2) is 8.42 Å². The number of carboxylic acid groups (broad SMARTS) is 1. The first-order chi connectivity index (χ1) is 9.45. The lowest BCUT2D eigenvalue weighted by molar-refractivity contribution is -0.141. The maximum absolute atomic E-state index is 12.3. The Morgan fingerprint density at radius 1 is 1.40 bits per heavy atom. The lowest BCUT2D eigenvalue weighted by Gasteiger charge is -2.33. The Morgan fingerprint density at radius 3 is 2.65 bits per heavy atom. The third-order valence-electron chi connectivity index (χ3n) is 3.39. The van der Waals surface area contributed by atoms with E-state index in [1.54, 1.807) is 0 Å². The number of rotatable bonds is 5. The molecule has 1 N–H and O–H groups in total. The number of hydrogen-bond donors (Lipinski definition) is 1. The molecule has 1 aromatic rings. The van der Waals surface area contributed by atoms with Crippen LogP contribution in [-0.4, -0.2) is 49.3 Å². The lowest BCUT2D eigenvalue weighted by Crippen LogP contribution is -2.49. The van der Waals surface area contributed by atoms with Crippen LogP contribution < -0.4 is 0 Å². The highest BCUT2D eigenvalue weighted by Crippen LogP contribution is 2.26. The summed E-state index contributed by atoms with van der Waals surface area (Å²) in [6, 6.07) is 6.26. The van der Waals surface area contributed by atoms with Crippen LogP contribution in [0.2, 0.25) is 0 Å². The first-order valence-electron chi connectivity index (χ1n) is 6.24. The van der Waals surface area contributed by atoms with E-state index < -0.39 is 22.0 Å². The van der Waals surface area contributed by atoms with Crippen molar-refractivity contribution in [3.05, 3.63) is 35.4 Å². The van der Waals surface area contributed by atoms with Crippen LogP contribution in [0.3, 0.4) is 0 Å². The molecule has 1 heterocycles. The summed E-state index contributed by atoms with van der Waals surface area (Å²) in [5.41, 5.74) is 1.74.